The predicted octanol–water partition coefficient (Wildman–Crippen LogP) is 6.33. The number of aliphatic hydroxyl groups is 1. The number of rotatable bonds is 6. The summed E-state index contributed by atoms with van der Waals surface area (Å²) < 4.78 is 3.71. The van der Waals surface area contributed by atoms with Crippen molar-refractivity contribution in [1.29, 1.82) is 0 Å². The second kappa shape index (κ2) is 9.72. The number of aromatic nitrogens is 6. The Morgan fingerprint density at radius 2 is 1.89 bits per heavy atom. The molecule has 0 bridgehead atoms. The normalized spacial score (nSPS) is 11.5. The van der Waals surface area contributed by atoms with E-state index in [4.69, 9.17) is 28.2 Å². The lowest BCUT2D eigenvalue weighted by Crippen LogP contribution is -1.97. The van der Waals surface area contributed by atoms with Gasteiger partial charge in [-0.3, -0.25) is 0 Å². The summed E-state index contributed by atoms with van der Waals surface area (Å²) >= 11 is 15.0. The average Bonchev–Trinajstić information content (AvgIpc) is 3.68. The fourth-order valence-electron chi connectivity index (χ4n) is 4.28. The highest BCUT2D eigenvalue weighted by molar-refractivity contribution is 7.15. The number of benzene rings is 2. The molecule has 0 aliphatic rings. The van der Waals surface area contributed by atoms with Gasteiger partial charge in [-0.2, -0.15) is 5.10 Å². The van der Waals surface area contributed by atoms with Crippen LogP contribution in [0.15, 0.2) is 73.4 Å². The monoisotopic (exact) mass is 546 g/mol. The Hall–Kier alpha value is -3.56. The zero-order valence-electron chi connectivity index (χ0n) is 19.6. The molecule has 4 aromatic heterocycles. The molecular formula is C27H20Cl2N6OS. The smallest absolute Gasteiger partial charge is 0.142 e. The van der Waals surface area contributed by atoms with Crippen molar-refractivity contribution in [1.82, 2.24) is 29.3 Å². The van der Waals surface area contributed by atoms with Crippen molar-refractivity contribution in [2.24, 2.45) is 7.05 Å². The molecule has 0 aliphatic carbocycles. The number of nitrogens with zero attached hydrogens (tertiary/aromatic N) is 6. The van der Waals surface area contributed by atoms with Gasteiger partial charge >= 0.3 is 0 Å². The number of fused-ring (bicyclic) bond motifs is 1. The van der Waals surface area contributed by atoms with E-state index in [9.17, 15) is 5.11 Å². The van der Waals surface area contributed by atoms with Gasteiger partial charge < -0.3 is 9.67 Å². The number of halogens is 2. The summed E-state index contributed by atoms with van der Waals surface area (Å²) in [6, 6.07) is 15.8. The van der Waals surface area contributed by atoms with E-state index in [-0.39, 0.29) is 6.61 Å². The second-order valence-electron chi connectivity index (χ2n) is 8.56. The molecular weight excluding hydrogens is 527 g/mol. The van der Waals surface area contributed by atoms with Crippen molar-refractivity contribution in [3.8, 4) is 27.6 Å². The van der Waals surface area contributed by atoms with E-state index in [0.29, 0.717) is 27.8 Å². The molecule has 0 atom stereocenters. The van der Waals surface area contributed by atoms with E-state index in [2.05, 4.69) is 15.1 Å². The molecule has 0 spiro atoms. The SMILES string of the molecule is Cn1cncc1-c1nc(-c2ccc3nc(Cl)c(Cc4ccc(-n5cccn5)cc4)c(Cl)c3c2)c(CO)s1. The minimum Gasteiger partial charge on any atom is -0.391 e. The molecule has 2 aromatic carbocycles. The van der Waals surface area contributed by atoms with Crippen molar-refractivity contribution < 1.29 is 5.11 Å². The van der Waals surface area contributed by atoms with Gasteiger partial charge in [0, 0.05) is 42.4 Å². The standard InChI is InChI=1S/C27H20Cl2N6OS/c1-34-15-30-13-22(34)27-33-25(23(14-36)37-27)17-5-8-21-19(12-17)24(28)20(26(29)32-21)11-16-3-6-18(7-4-16)35-10-2-9-31-35/h2-10,12-13,15,36H,11,14H2,1H3. The summed E-state index contributed by atoms with van der Waals surface area (Å²) in [5, 5.41) is 16.8. The largest absolute Gasteiger partial charge is 0.391 e. The van der Waals surface area contributed by atoms with Gasteiger partial charge in [-0.25, -0.2) is 19.6 Å². The molecule has 6 aromatic rings. The third-order valence-corrected chi connectivity index (χ3v) is 8.01. The fourth-order valence-corrected chi connectivity index (χ4v) is 5.89. The maximum atomic E-state index is 10.0. The number of thiazole rings is 1. The number of aliphatic hydroxyl groups excluding tert-OH is 1. The van der Waals surface area contributed by atoms with Crippen LogP contribution >= 0.6 is 34.5 Å². The van der Waals surface area contributed by atoms with Crippen LogP contribution in [0.25, 0.3) is 38.5 Å². The van der Waals surface area contributed by atoms with Crippen molar-refractivity contribution in [2.75, 3.05) is 0 Å². The van der Waals surface area contributed by atoms with Crippen molar-refractivity contribution >= 4 is 45.4 Å². The first-order valence-corrected chi connectivity index (χ1v) is 13.0. The first-order chi connectivity index (χ1) is 18.0. The molecule has 6 rings (SSSR count). The number of hydrogen-bond donors (Lipinski definition) is 1. The summed E-state index contributed by atoms with van der Waals surface area (Å²) in [7, 11) is 1.92. The Labute approximate surface area is 226 Å². The van der Waals surface area contributed by atoms with Gasteiger partial charge in [-0.15, -0.1) is 11.3 Å². The first-order valence-electron chi connectivity index (χ1n) is 11.5. The molecule has 0 unspecified atom stereocenters. The fraction of sp³-hybridized carbons (Fsp3) is 0.111. The molecule has 10 heteroatoms. The number of pyridine rings is 1. The number of imidazole rings is 1. The topological polar surface area (TPSA) is 81.7 Å². The summed E-state index contributed by atoms with van der Waals surface area (Å²) in [5.74, 6) is 0. The maximum Gasteiger partial charge on any atom is 0.142 e. The Balaban J connectivity index is 1.38. The zero-order valence-corrected chi connectivity index (χ0v) is 22.0. The van der Waals surface area contributed by atoms with Crippen molar-refractivity contribution in [2.45, 2.75) is 13.0 Å². The summed E-state index contributed by atoms with van der Waals surface area (Å²) in [6.45, 7) is -0.116. The molecule has 0 aliphatic heterocycles. The van der Waals surface area contributed by atoms with Crippen LogP contribution in [0.5, 0.6) is 0 Å². The summed E-state index contributed by atoms with van der Waals surface area (Å²) in [6.07, 6.45) is 7.68. The average molecular weight is 547 g/mol. The zero-order chi connectivity index (χ0) is 25.5. The lowest BCUT2D eigenvalue weighted by atomic mass is 10.0. The van der Waals surface area contributed by atoms with E-state index in [1.165, 1.54) is 11.3 Å². The highest BCUT2D eigenvalue weighted by Crippen LogP contribution is 2.38. The quantitative estimate of drug-likeness (QED) is 0.246. The molecule has 0 fully saturated rings. The molecule has 0 saturated carbocycles. The molecule has 184 valence electrons. The lowest BCUT2D eigenvalue weighted by Gasteiger charge is -2.12. The Morgan fingerprint density at radius 3 is 2.59 bits per heavy atom. The highest BCUT2D eigenvalue weighted by Gasteiger charge is 2.18. The molecule has 1 N–H and O–H groups in total. The van der Waals surface area contributed by atoms with E-state index >= 15 is 0 Å². The van der Waals surface area contributed by atoms with Crippen LogP contribution in [0.2, 0.25) is 10.2 Å². The van der Waals surface area contributed by atoms with E-state index in [0.717, 1.165) is 43.3 Å². The second-order valence-corrected chi connectivity index (χ2v) is 10.4. The number of aryl methyl sites for hydroxylation is 1. The van der Waals surface area contributed by atoms with Crippen molar-refractivity contribution in [3.05, 3.63) is 99.6 Å². The van der Waals surface area contributed by atoms with E-state index in [1.807, 2.05) is 71.0 Å². The third kappa shape index (κ3) is 4.42. The van der Waals surface area contributed by atoms with Crippen LogP contribution in [-0.2, 0) is 20.1 Å². The minimum atomic E-state index is -0.116. The Bertz CT molecular complexity index is 1720. The highest BCUT2D eigenvalue weighted by atomic mass is 35.5. The van der Waals surface area contributed by atoms with Gasteiger partial charge in [0.25, 0.3) is 0 Å². The van der Waals surface area contributed by atoms with Crippen LogP contribution in [0, 0.1) is 0 Å². The van der Waals surface area contributed by atoms with Gasteiger partial charge in [-0.1, -0.05) is 41.4 Å². The molecule has 37 heavy (non-hydrogen) atoms. The van der Waals surface area contributed by atoms with Crippen LogP contribution in [0.3, 0.4) is 0 Å². The van der Waals surface area contributed by atoms with E-state index in [1.54, 1.807) is 18.7 Å². The van der Waals surface area contributed by atoms with Gasteiger partial charge in [0.05, 0.1) is 51.6 Å². The lowest BCUT2D eigenvalue weighted by molar-refractivity contribution is 0.286. The molecule has 0 saturated heterocycles. The van der Waals surface area contributed by atoms with E-state index < -0.39 is 0 Å². The summed E-state index contributed by atoms with van der Waals surface area (Å²) in [5.41, 5.74) is 5.94. The molecule has 0 amide bonds. The Morgan fingerprint density at radius 1 is 1.05 bits per heavy atom. The Kier molecular flexibility index (Phi) is 6.26. The van der Waals surface area contributed by atoms with Gasteiger partial charge in [0.2, 0.25) is 0 Å². The first kappa shape index (κ1) is 23.8. The van der Waals surface area contributed by atoms with Crippen LogP contribution in [-0.4, -0.2) is 34.4 Å². The predicted molar refractivity (Wildman–Crippen MR) is 147 cm³/mol. The van der Waals surface area contributed by atoms with Gasteiger partial charge in [0.1, 0.15) is 10.2 Å². The molecule has 4 heterocycles. The van der Waals surface area contributed by atoms with Crippen LogP contribution < -0.4 is 0 Å². The summed E-state index contributed by atoms with van der Waals surface area (Å²) in [4.78, 5) is 14.4. The number of hydrogen-bond acceptors (Lipinski definition) is 6. The van der Waals surface area contributed by atoms with Crippen LogP contribution in [0.1, 0.15) is 16.0 Å². The van der Waals surface area contributed by atoms with Gasteiger partial charge in [0.15, 0.2) is 0 Å². The molecule has 0 radical (unpaired) electrons. The minimum absolute atomic E-state index is 0.116. The third-order valence-electron chi connectivity index (χ3n) is 6.20. The van der Waals surface area contributed by atoms with Crippen LogP contribution in [0.4, 0.5) is 0 Å². The van der Waals surface area contributed by atoms with Crippen molar-refractivity contribution in [3.63, 3.8) is 0 Å². The van der Waals surface area contributed by atoms with Gasteiger partial charge in [-0.05, 0) is 35.9 Å². The maximum absolute atomic E-state index is 10.0. The molecule has 7 nitrogen and oxygen atoms in total.